The van der Waals surface area contributed by atoms with Crippen molar-refractivity contribution in [3.05, 3.63) is 50.6 Å². The molecule has 3 aromatic rings. The number of nitrogens with one attached hydrogen (secondary N) is 2. The number of H-pyrrole nitrogens is 1. The average Bonchev–Trinajstić information content (AvgIpc) is 2.96. The van der Waals surface area contributed by atoms with Crippen LogP contribution in [0.1, 0.15) is 22.0 Å². The van der Waals surface area contributed by atoms with Gasteiger partial charge in [-0.05, 0) is 38.6 Å². The number of hydrogen-bond acceptors (Lipinski definition) is 4. The molecule has 6 heteroatoms. The number of hydrogen-bond donors (Lipinski definition) is 2. The highest BCUT2D eigenvalue weighted by Gasteiger charge is 2.12. The molecule has 110 valence electrons. The molecule has 0 spiro atoms. The Balaban J connectivity index is 2.01. The van der Waals surface area contributed by atoms with E-state index in [-0.39, 0.29) is 5.56 Å². The van der Waals surface area contributed by atoms with Gasteiger partial charge in [-0.15, -0.1) is 11.3 Å². The smallest absolute Gasteiger partial charge is 0.259 e. The summed E-state index contributed by atoms with van der Waals surface area (Å²) in [6, 6.07) is 4.06. The Kier molecular flexibility index (Phi) is 3.65. The Morgan fingerprint density at radius 3 is 3.00 bits per heavy atom. The van der Waals surface area contributed by atoms with E-state index in [4.69, 9.17) is 0 Å². The average molecular weight is 302 g/mol. The summed E-state index contributed by atoms with van der Waals surface area (Å²) >= 11 is 1.58. The van der Waals surface area contributed by atoms with E-state index in [0.717, 1.165) is 27.2 Å². The van der Waals surface area contributed by atoms with Crippen LogP contribution in [0, 0.1) is 13.8 Å². The molecular formula is C15H18N4OS. The van der Waals surface area contributed by atoms with Crippen molar-refractivity contribution < 1.29 is 0 Å². The van der Waals surface area contributed by atoms with Gasteiger partial charge < -0.3 is 14.9 Å². The maximum absolute atomic E-state index is 12.3. The Hall–Kier alpha value is -1.92. The van der Waals surface area contributed by atoms with Gasteiger partial charge in [-0.25, -0.2) is 4.98 Å². The molecule has 0 saturated carbocycles. The number of fused-ring (bicyclic) bond motifs is 1. The monoisotopic (exact) mass is 302 g/mol. The first-order chi connectivity index (χ1) is 10.1. The van der Waals surface area contributed by atoms with E-state index in [1.807, 2.05) is 33.2 Å². The molecule has 3 rings (SSSR count). The van der Waals surface area contributed by atoms with Crippen LogP contribution in [0.5, 0.6) is 0 Å². The Morgan fingerprint density at radius 1 is 1.43 bits per heavy atom. The largest absolute Gasteiger partial charge is 0.343 e. The molecule has 0 saturated heterocycles. The molecule has 0 fully saturated rings. The topological polar surface area (TPSA) is 62.7 Å². The zero-order valence-corrected chi connectivity index (χ0v) is 13.2. The van der Waals surface area contributed by atoms with E-state index in [0.29, 0.717) is 12.4 Å². The summed E-state index contributed by atoms with van der Waals surface area (Å²) in [7, 11) is 1.92. The number of aryl methyl sites for hydroxylation is 2. The van der Waals surface area contributed by atoms with Crippen LogP contribution in [-0.4, -0.2) is 21.6 Å². The highest BCUT2D eigenvalue weighted by Crippen LogP contribution is 2.25. The van der Waals surface area contributed by atoms with Crippen molar-refractivity contribution in [3.8, 4) is 0 Å². The fourth-order valence-corrected chi connectivity index (χ4v) is 3.53. The van der Waals surface area contributed by atoms with Gasteiger partial charge in [0.05, 0.1) is 11.9 Å². The van der Waals surface area contributed by atoms with E-state index in [1.54, 1.807) is 11.3 Å². The molecule has 2 N–H and O–H groups in total. The molecule has 3 aromatic heterocycles. The molecule has 21 heavy (non-hydrogen) atoms. The Morgan fingerprint density at radius 2 is 2.24 bits per heavy atom. The van der Waals surface area contributed by atoms with E-state index < -0.39 is 0 Å². The summed E-state index contributed by atoms with van der Waals surface area (Å²) in [4.78, 5) is 21.8. The van der Waals surface area contributed by atoms with Crippen molar-refractivity contribution in [1.82, 2.24) is 19.9 Å². The van der Waals surface area contributed by atoms with Crippen LogP contribution in [0.4, 0.5) is 0 Å². The minimum Gasteiger partial charge on any atom is -0.343 e. The van der Waals surface area contributed by atoms with Crippen LogP contribution in [0.2, 0.25) is 0 Å². The van der Waals surface area contributed by atoms with Gasteiger partial charge in [0, 0.05) is 23.3 Å². The molecule has 0 aliphatic heterocycles. The normalized spacial score (nSPS) is 11.4. The molecular weight excluding hydrogens is 284 g/mol. The van der Waals surface area contributed by atoms with E-state index in [9.17, 15) is 4.79 Å². The maximum atomic E-state index is 12.3. The molecule has 3 heterocycles. The van der Waals surface area contributed by atoms with Crippen LogP contribution in [0.3, 0.4) is 0 Å². The lowest BCUT2D eigenvalue weighted by atomic mass is 10.2. The molecule has 0 amide bonds. The Labute approximate surface area is 126 Å². The second-order valence-electron chi connectivity index (χ2n) is 5.13. The molecule has 0 unspecified atom stereocenters. The van der Waals surface area contributed by atoms with Crippen molar-refractivity contribution in [1.29, 1.82) is 0 Å². The Bertz CT molecular complexity index is 843. The zero-order chi connectivity index (χ0) is 15.0. The van der Waals surface area contributed by atoms with Crippen molar-refractivity contribution in [3.63, 3.8) is 0 Å². The number of nitrogens with zero attached hydrogens (tertiary/aromatic N) is 2. The van der Waals surface area contributed by atoms with Crippen LogP contribution in [0.25, 0.3) is 10.2 Å². The van der Waals surface area contributed by atoms with Gasteiger partial charge in [0.25, 0.3) is 5.56 Å². The third-order valence-corrected chi connectivity index (χ3v) is 4.79. The first-order valence-electron chi connectivity index (χ1n) is 6.87. The molecule has 0 radical (unpaired) electrons. The van der Waals surface area contributed by atoms with Gasteiger partial charge in [0.1, 0.15) is 10.7 Å². The second-order valence-corrected chi connectivity index (χ2v) is 6.34. The van der Waals surface area contributed by atoms with Crippen LogP contribution in [-0.2, 0) is 13.1 Å². The lowest BCUT2D eigenvalue weighted by molar-refractivity contribution is 0.672. The van der Waals surface area contributed by atoms with Gasteiger partial charge in [-0.3, -0.25) is 4.79 Å². The summed E-state index contributed by atoms with van der Waals surface area (Å²) in [5, 5.41) is 3.86. The predicted molar refractivity (Wildman–Crippen MR) is 86.0 cm³/mol. The number of aromatic amines is 1. The third kappa shape index (κ3) is 2.52. The fourth-order valence-electron chi connectivity index (χ4n) is 2.48. The minimum atomic E-state index is -0.0424. The first kappa shape index (κ1) is 14.0. The SMILES string of the molecule is CNCc1cccn1Cc1nc2sc(C)c(C)c2c(=O)[nH]1. The number of thiophene rings is 1. The van der Waals surface area contributed by atoms with E-state index >= 15 is 0 Å². The summed E-state index contributed by atoms with van der Waals surface area (Å²) in [5.41, 5.74) is 2.16. The number of aromatic nitrogens is 3. The van der Waals surface area contributed by atoms with Crippen LogP contribution < -0.4 is 10.9 Å². The zero-order valence-electron chi connectivity index (χ0n) is 12.4. The first-order valence-corrected chi connectivity index (χ1v) is 7.69. The highest BCUT2D eigenvalue weighted by molar-refractivity contribution is 7.18. The van der Waals surface area contributed by atoms with Crippen molar-refractivity contribution in [2.24, 2.45) is 0 Å². The molecule has 0 aliphatic carbocycles. The molecule has 0 atom stereocenters. The van der Waals surface area contributed by atoms with E-state index in [1.165, 1.54) is 5.69 Å². The minimum absolute atomic E-state index is 0.0424. The summed E-state index contributed by atoms with van der Waals surface area (Å²) in [6.45, 7) is 5.36. The third-order valence-electron chi connectivity index (χ3n) is 3.69. The lowest BCUT2D eigenvalue weighted by Crippen LogP contribution is -2.16. The van der Waals surface area contributed by atoms with Crippen LogP contribution in [0.15, 0.2) is 23.1 Å². The van der Waals surface area contributed by atoms with Crippen molar-refractivity contribution in [2.45, 2.75) is 26.9 Å². The van der Waals surface area contributed by atoms with Gasteiger partial charge >= 0.3 is 0 Å². The van der Waals surface area contributed by atoms with Gasteiger partial charge in [0.2, 0.25) is 0 Å². The summed E-state index contributed by atoms with van der Waals surface area (Å²) in [5.74, 6) is 0.697. The quantitative estimate of drug-likeness (QED) is 0.776. The summed E-state index contributed by atoms with van der Waals surface area (Å²) < 4.78 is 2.09. The molecule has 0 aliphatic rings. The second kappa shape index (κ2) is 5.46. The summed E-state index contributed by atoms with van der Waals surface area (Å²) in [6.07, 6.45) is 2.00. The van der Waals surface area contributed by atoms with Crippen molar-refractivity contribution in [2.75, 3.05) is 7.05 Å². The van der Waals surface area contributed by atoms with Gasteiger partial charge in [-0.2, -0.15) is 0 Å². The predicted octanol–water partition coefficient (Wildman–Crippen LogP) is 2.17. The van der Waals surface area contributed by atoms with Gasteiger partial charge in [0.15, 0.2) is 0 Å². The standard InChI is InChI=1S/C15H18N4OS/c1-9-10(2)21-15-13(9)14(20)17-12(18-15)8-19-6-4-5-11(19)7-16-3/h4-6,16H,7-8H2,1-3H3,(H,17,18,20). The maximum Gasteiger partial charge on any atom is 0.259 e. The fraction of sp³-hybridized carbons (Fsp3) is 0.333. The van der Waals surface area contributed by atoms with Crippen LogP contribution >= 0.6 is 11.3 Å². The molecule has 0 aromatic carbocycles. The molecule has 0 bridgehead atoms. The van der Waals surface area contributed by atoms with E-state index in [2.05, 4.69) is 25.9 Å². The van der Waals surface area contributed by atoms with Gasteiger partial charge in [-0.1, -0.05) is 0 Å². The van der Waals surface area contributed by atoms with Crippen molar-refractivity contribution >= 4 is 21.6 Å². The molecule has 5 nitrogen and oxygen atoms in total. The lowest BCUT2D eigenvalue weighted by Gasteiger charge is -2.08. The highest BCUT2D eigenvalue weighted by atomic mass is 32.1. The number of rotatable bonds is 4.